The molecule has 0 aliphatic carbocycles. The third kappa shape index (κ3) is 2.91. The molecule has 0 radical (unpaired) electrons. The van der Waals surface area contributed by atoms with E-state index in [1.807, 2.05) is 54.2 Å². The van der Waals surface area contributed by atoms with Crippen molar-refractivity contribution >= 4 is 44.8 Å². The van der Waals surface area contributed by atoms with Crippen LogP contribution in [0.5, 0.6) is 0 Å². The van der Waals surface area contributed by atoms with Gasteiger partial charge in [-0.1, -0.05) is 36.4 Å². The number of para-hydroxylation sites is 2. The molecule has 0 saturated carbocycles. The van der Waals surface area contributed by atoms with Gasteiger partial charge in [-0.3, -0.25) is 14.9 Å². The first-order valence-corrected chi connectivity index (χ1v) is 11.5. The summed E-state index contributed by atoms with van der Waals surface area (Å²) in [6, 6.07) is 16.2. The Morgan fingerprint density at radius 1 is 0.970 bits per heavy atom. The maximum atomic E-state index is 13.3. The van der Waals surface area contributed by atoms with E-state index in [4.69, 9.17) is 5.73 Å². The molecule has 0 saturated heterocycles. The Kier molecular flexibility index (Phi) is 4.52. The summed E-state index contributed by atoms with van der Waals surface area (Å²) >= 11 is 0. The maximum absolute atomic E-state index is 13.3. The number of nitrogens with zero attached hydrogens (tertiary/aromatic N) is 2. The van der Waals surface area contributed by atoms with E-state index < -0.39 is 0 Å². The second-order valence-electron chi connectivity index (χ2n) is 9.14. The number of aryl methyl sites for hydroxylation is 1. The summed E-state index contributed by atoms with van der Waals surface area (Å²) in [6.07, 6.45) is 4.85. The molecule has 33 heavy (non-hydrogen) atoms. The highest BCUT2D eigenvalue weighted by Crippen LogP contribution is 2.42. The fourth-order valence-electron chi connectivity index (χ4n) is 5.76. The number of imide groups is 1. The van der Waals surface area contributed by atoms with E-state index in [9.17, 15) is 9.59 Å². The summed E-state index contributed by atoms with van der Waals surface area (Å²) in [7, 11) is 1.97. The molecule has 1 atom stereocenters. The number of fused-ring (bicyclic) bond motifs is 4. The van der Waals surface area contributed by atoms with Crippen molar-refractivity contribution in [2.24, 2.45) is 18.7 Å². The highest BCUT2D eigenvalue weighted by atomic mass is 16.2. The topological polar surface area (TPSA) is 82.0 Å². The van der Waals surface area contributed by atoms with Gasteiger partial charge in [-0.15, -0.1) is 0 Å². The van der Waals surface area contributed by atoms with Gasteiger partial charge in [-0.05, 0) is 43.9 Å². The number of nitrogens with two attached hydrogens (primary N) is 1. The Balaban J connectivity index is 1.65. The van der Waals surface area contributed by atoms with Crippen LogP contribution in [0.3, 0.4) is 0 Å². The summed E-state index contributed by atoms with van der Waals surface area (Å²) in [4.78, 5) is 26.4. The highest BCUT2D eigenvalue weighted by Gasteiger charge is 2.37. The molecule has 2 amide bonds. The first-order chi connectivity index (χ1) is 16.1. The smallest absolute Gasteiger partial charge is 0.259 e. The molecule has 2 aliphatic rings. The van der Waals surface area contributed by atoms with Crippen molar-refractivity contribution < 1.29 is 9.59 Å². The summed E-state index contributed by atoms with van der Waals surface area (Å²) in [6.45, 7) is 1.57. The van der Waals surface area contributed by atoms with Gasteiger partial charge in [0, 0.05) is 58.4 Å². The zero-order chi connectivity index (χ0) is 22.7. The number of carbonyl (C=O) groups is 2. The minimum absolute atomic E-state index is 0.314. The number of nitrogens with one attached hydrogen (secondary N) is 1. The van der Waals surface area contributed by atoms with Crippen LogP contribution in [0.25, 0.3) is 33.0 Å². The molecule has 0 bridgehead atoms. The van der Waals surface area contributed by atoms with Crippen LogP contribution in [0.4, 0.5) is 0 Å². The first kappa shape index (κ1) is 20.0. The minimum atomic E-state index is -0.327. The van der Waals surface area contributed by atoms with Crippen molar-refractivity contribution in [3.05, 3.63) is 71.5 Å². The van der Waals surface area contributed by atoms with Gasteiger partial charge in [0.25, 0.3) is 11.8 Å². The average molecular weight is 439 g/mol. The van der Waals surface area contributed by atoms with Gasteiger partial charge >= 0.3 is 0 Å². The highest BCUT2D eigenvalue weighted by molar-refractivity contribution is 6.51. The fourth-order valence-corrected chi connectivity index (χ4v) is 5.76. The lowest BCUT2D eigenvalue weighted by atomic mass is 9.89. The van der Waals surface area contributed by atoms with Crippen molar-refractivity contribution in [1.29, 1.82) is 0 Å². The second kappa shape index (κ2) is 7.46. The van der Waals surface area contributed by atoms with E-state index in [1.54, 1.807) is 0 Å². The molecule has 4 aromatic rings. The van der Waals surface area contributed by atoms with E-state index in [0.29, 0.717) is 23.6 Å². The predicted molar refractivity (Wildman–Crippen MR) is 130 cm³/mol. The predicted octanol–water partition coefficient (Wildman–Crippen LogP) is 3.61. The molecule has 6 rings (SSSR count). The van der Waals surface area contributed by atoms with Gasteiger partial charge in [-0.25, -0.2) is 0 Å². The SMILES string of the molecule is Cn1cc(C2=C(c3c4n(c5ccccc35)CC(CCN)CC4)C(=O)NC2=O)c2ccccc21. The van der Waals surface area contributed by atoms with Gasteiger partial charge in [0.15, 0.2) is 0 Å². The maximum Gasteiger partial charge on any atom is 0.259 e. The van der Waals surface area contributed by atoms with Crippen molar-refractivity contribution in [1.82, 2.24) is 14.5 Å². The van der Waals surface area contributed by atoms with E-state index in [0.717, 1.165) is 64.4 Å². The molecule has 6 heteroatoms. The Bertz CT molecular complexity index is 1490. The van der Waals surface area contributed by atoms with Crippen LogP contribution < -0.4 is 11.1 Å². The lowest BCUT2D eigenvalue weighted by molar-refractivity contribution is -0.122. The molecular formula is C27H26N4O2. The van der Waals surface area contributed by atoms with Crippen molar-refractivity contribution in [3.63, 3.8) is 0 Å². The minimum Gasteiger partial charge on any atom is -0.350 e. The third-order valence-corrected chi connectivity index (χ3v) is 7.23. The normalized spacial score (nSPS) is 18.4. The van der Waals surface area contributed by atoms with Crippen LogP contribution in [0.2, 0.25) is 0 Å². The third-order valence-electron chi connectivity index (χ3n) is 7.23. The molecule has 3 N–H and O–H groups in total. The zero-order valence-corrected chi connectivity index (χ0v) is 18.6. The molecule has 2 aromatic heterocycles. The van der Waals surface area contributed by atoms with Gasteiger partial charge in [0.2, 0.25) is 0 Å². The van der Waals surface area contributed by atoms with Gasteiger partial charge in [-0.2, -0.15) is 0 Å². The quantitative estimate of drug-likeness (QED) is 0.478. The van der Waals surface area contributed by atoms with Crippen molar-refractivity contribution in [2.75, 3.05) is 6.54 Å². The van der Waals surface area contributed by atoms with E-state index in [1.165, 1.54) is 0 Å². The molecule has 0 fully saturated rings. The number of hydrogen-bond donors (Lipinski definition) is 2. The van der Waals surface area contributed by atoms with Gasteiger partial charge in [0.1, 0.15) is 0 Å². The van der Waals surface area contributed by atoms with E-state index in [2.05, 4.69) is 22.0 Å². The molecule has 166 valence electrons. The Morgan fingerprint density at radius 2 is 1.67 bits per heavy atom. The Hall–Kier alpha value is -3.64. The van der Waals surface area contributed by atoms with Crippen molar-refractivity contribution in [2.45, 2.75) is 25.8 Å². The number of amides is 2. The molecule has 0 spiro atoms. The lowest BCUT2D eigenvalue weighted by Gasteiger charge is -2.26. The van der Waals surface area contributed by atoms with Crippen LogP contribution in [0.1, 0.15) is 29.7 Å². The van der Waals surface area contributed by atoms with Crippen molar-refractivity contribution in [3.8, 4) is 0 Å². The Morgan fingerprint density at radius 3 is 2.45 bits per heavy atom. The summed E-state index contributed by atoms with van der Waals surface area (Å²) in [5, 5.41) is 4.59. The summed E-state index contributed by atoms with van der Waals surface area (Å²) in [5.74, 6) is -0.116. The number of hydrogen-bond acceptors (Lipinski definition) is 3. The van der Waals surface area contributed by atoms with E-state index in [-0.39, 0.29) is 11.8 Å². The summed E-state index contributed by atoms with van der Waals surface area (Å²) < 4.78 is 4.36. The van der Waals surface area contributed by atoms with E-state index >= 15 is 0 Å². The molecular weight excluding hydrogens is 412 g/mol. The van der Waals surface area contributed by atoms with Gasteiger partial charge < -0.3 is 14.9 Å². The average Bonchev–Trinajstić information content (AvgIpc) is 3.42. The van der Waals surface area contributed by atoms with Crippen LogP contribution in [-0.2, 0) is 29.6 Å². The number of aromatic nitrogens is 2. The number of carbonyl (C=O) groups excluding carboxylic acids is 2. The van der Waals surface area contributed by atoms with Crippen LogP contribution >= 0.6 is 0 Å². The molecule has 2 aromatic carbocycles. The number of benzene rings is 2. The molecule has 6 nitrogen and oxygen atoms in total. The zero-order valence-electron chi connectivity index (χ0n) is 18.6. The van der Waals surface area contributed by atoms with Crippen LogP contribution in [-0.4, -0.2) is 27.5 Å². The first-order valence-electron chi connectivity index (χ1n) is 11.5. The summed E-state index contributed by atoms with van der Waals surface area (Å²) in [5.41, 5.74) is 11.8. The largest absolute Gasteiger partial charge is 0.350 e. The molecule has 2 aliphatic heterocycles. The second-order valence-corrected chi connectivity index (χ2v) is 9.14. The van der Waals surface area contributed by atoms with Crippen LogP contribution in [0, 0.1) is 5.92 Å². The monoisotopic (exact) mass is 438 g/mol. The van der Waals surface area contributed by atoms with Crippen LogP contribution in [0.15, 0.2) is 54.7 Å². The molecule has 4 heterocycles. The molecule has 1 unspecified atom stereocenters. The lowest BCUT2D eigenvalue weighted by Crippen LogP contribution is -2.24. The number of rotatable bonds is 4. The standard InChI is InChI=1S/C27H26N4O2/c1-30-15-19(17-6-2-4-8-20(17)30)24-25(27(33)29-26(24)32)23-18-7-3-5-9-21(18)31-14-16(12-13-28)10-11-22(23)31/h2-9,15-16H,10-14,28H2,1H3,(H,29,32,33). The Labute approximate surface area is 191 Å². The fraction of sp³-hybridized carbons (Fsp3) is 0.259. The van der Waals surface area contributed by atoms with Gasteiger partial charge in [0.05, 0.1) is 11.1 Å².